The number of amides is 1. The van der Waals surface area contributed by atoms with Gasteiger partial charge < -0.3 is 9.73 Å². The van der Waals surface area contributed by atoms with E-state index in [2.05, 4.69) is 5.32 Å². The minimum absolute atomic E-state index is 0.117. The van der Waals surface area contributed by atoms with Crippen LogP contribution in [0.1, 0.15) is 16.7 Å². The van der Waals surface area contributed by atoms with Crippen LogP contribution in [0.15, 0.2) is 47.1 Å². The Bertz CT molecular complexity index is 851. The summed E-state index contributed by atoms with van der Waals surface area (Å²) >= 11 is 6.13. The molecule has 0 bridgehead atoms. The van der Waals surface area contributed by atoms with Gasteiger partial charge in [-0.05, 0) is 43.2 Å². The number of halogens is 1. The number of carbonyl (C=O) groups excluding carboxylic acids is 1. The lowest BCUT2D eigenvalue weighted by Crippen LogP contribution is -2.14. The van der Waals surface area contributed by atoms with Gasteiger partial charge in [0, 0.05) is 10.9 Å². The third kappa shape index (κ3) is 3.00. The van der Waals surface area contributed by atoms with Gasteiger partial charge >= 0.3 is 0 Å². The van der Waals surface area contributed by atoms with Gasteiger partial charge in [-0.1, -0.05) is 29.8 Å². The van der Waals surface area contributed by atoms with Crippen molar-refractivity contribution in [1.29, 1.82) is 0 Å². The summed E-state index contributed by atoms with van der Waals surface area (Å²) in [6.45, 7) is 3.96. The molecule has 0 aliphatic carbocycles. The molecule has 1 amide bonds. The summed E-state index contributed by atoms with van der Waals surface area (Å²) in [6.07, 6.45) is 1.89. The molecule has 0 aliphatic heterocycles. The van der Waals surface area contributed by atoms with E-state index in [1.807, 2.05) is 50.2 Å². The Kier molecular flexibility index (Phi) is 3.90. The highest BCUT2D eigenvalue weighted by Gasteiger charge is 2.12. The van der Waals surface area contributed by atoms with E-state index in [9.17, 15) is 4.79 Å². The predicted molar refractivity (Wildman–Crippen MR) is 89.5 cm³/mol. The van der Waals surface area contributed by atoms with E-state index in [1.54, 1.807) is 6.26 Å². The van der Waals surface area contributed by atoms with E-state index in [4.69, 9.17) is 16.0 Å². The number of hydrogen-bond donors (Lipinski definition) is 1. The van der Waals surface area contributed by atoms with Gasteiger partial charge in [0.2, 0.25) is 5.91 Å². The number of aryl methyl sites for hydroxylation is 2. The maximum Gasteiger partial charge on any atom is 0.228 e. The third-order valence-electron chi connectivity index (χ3n) is 3.56. The minimum atomic E-state index is -0.117. The maximum absolute atomic E-state index is 12.2. The van der Waals surface area contributed by atoms with Crippen molar-refractivity contribution in [3.63, 3.8) is 0 Å². The van der Waals surface area contributed by atoms with Gasteiger partial charge in [0.1, 0.15) is 5.58 Å². The van der Waals surface area contributed by atoms with Crippen molar-refractivity contribution in [1.82, 2.24) is 0 Å². The molecule has 3 nitrogen and oxygen atoms in total. The molecular weight excluding hydrogens is 298 g/mol. The van der Waals surface area contributed by atoms with Gasteiger partial charge in [-0.25, -0.2) is 0 Å². The van der Waals surface area contributed by atoms with Gasteiger partial charge in [0.25, 0.3) is 0 Å². The van der Waals surface area contributed by atoms with E-state index >= 15 is 0 Å². The molecule has 112 valence electrons. The smallest absolute Gasteiger partial charge is 0.228 e. The molecule has 0 fully saturated rings. The highest BCUT2D eigenvalue weighted by molar-refractivity contribution is 6.33. The van der Waals surface area contributed by atoms with Crippen molar-refractivity contribution >= 4 is 34.2 Å². The Hall–Kier alpha value is -2.26. The van der Waals surface area contributed by atoms with Crippen LogP contribution in [0.5, 0.6) is 0 Å². The predicted octanol–water partition coefficient (Wildman–Crippen LogP) is 4.88. The Morgan fingerprint density at radius 3 is 2.64 bits per heavy atom. The lowest BCUT2D eigenvalue weighted by molar-refractivity contribution is -0.115. The first kappa shape index (κ1) is 14.7. The molecule has 0 unspecified atom stereocenters. The summed E-state index contributed by atoms with van der Waals surface area (Å²) in [4.78, 5) is 12.2. The molecule has 4 heteroatoms. The van der Waals surface area contributed by atoms with Crippen LogP contribution < -0.4 is 5.32 Å². The standard InChI is InChI=1S/C18H16ClNO2/c1-11-4-6-16(15(19)7-11)20-18(21)9-13-10-22-17-8-12(2)3-5-14(13)17/h3-8,10H,9H2,1-2H3,(H,20,21). The van der Waals surface area contributed by atoms with Crippen LogP contribution in [0.3, 0.4) is 0 Å². The molecule has 1 heterocycles. The minimum Gasteiger partial charge on any atom is -0.464 e. The maximum atomic E-state index is 12.2. The highest BCUT2D eigenvalue weighted by atomic mass is 35.5. The van der Waals surface area contributed by atoms with E-state index in [1.165, 1.54) is 0 Å². The summed E-state index contributed by atoms with van der Waals surface area (Å²) in [7, 11) is 0. The first-order chi connectivity index (χ1) is 10.5. The molecule has 1 N–H and O–H groups in total. The first-order valence-electron chi connectivity index (χ1n) is 7.05. The van der Waals surface area contributed by atoms with Gasteiger partial charge in [-0.15, -0.1) is 0 Å². The van der Waals surface area contributed by atoms with E-state index < -0.39 is 0 Å². The largest absolute Gasteiger partial charge is 0.464 e. The number of benzene rings is 2. The van der Waals surface area contributed by atoms with Crippen LogP contribution in [0.2, 0.25) is 5.02 Å². The third-order valence-corrected chi connectivity index (χ3v) is 3.87. The summed E-state index contributed by atoms with van der Waals surface area (Å²) in [6, 6.07) is 11.5. The molecule has 0 radical (unpaired) electrons. The van der Waals surface area contributed by atoms with Crippen LogP contribution >= 0.6 is 11.6 Å². The molecule has 1 aromatic heterocycles. The van der Waals surface area contributed by atoms with Crippen molar-refractivity contribution in [3.8, 4) is 0 Å². The molecule has 3 rings (SSSR count). The normalized spacial score (nSPS) is 10.9. The summed E-state index contributed by atoms with van der Waals surface area (Å²) < 4.78 is 5.51. The second kappa shape index (κ2) is 5.85. The van der Waals surface area contributed by atoms with Crippen LogP contribution in [-0.4, -0.2) is 5.91 Å². The SMILES string of the molecule is Cc1ccc(NC(=O)Cc2coc3cc(C)ccc23)c(Cl)c1. The van der Waals surface area contributed by atoms with Gasteiger partial charge in [-0.3, -0.25) is 4.79 Å². The topological polar surface area (TPSA) is 42.2 Å². The molecular formula is C18H16ClNO2. The van der Waals surface area contributed by atoms with Crippen LogP contribution in [0.25, 0.3) is 11.0 Å². The summed E-state index contributed by atoms with van der Waals surface area (Å²) in [5.74, 6) is -0.117. The van der Waals surface area contributed by atoms with Crippen molar-refractivity contribution < 1.29 is 9.21 Å². The van der Waals surface area contributed by atoms with Crippen LogP contribution in [0.4, 0.5) is 5.69 Å². The van der Waals surface area contributed by atoms with E-state index in [0.29, 0.717) is 10.7 Å². The van der Waals surface area contributed by atoms with Gasteiger partial charge in [-0.2, -0.15) is 0 Å². The Balaban J connectivity index is 1.78. The fourth-order valence-corrected chi connectivity index (χ4v) is 2.70. The Labute approximate surface area is 133 Å². The number of rotatable bonds is 3. The average molecular weight is 314 g/mol. The molecule has 22 heavy (non-hydrogen) atoms. The molecule has 3 aromatic rings. The molecule has 0 spiro atoms. The van der Waals surface area contributed by atoms with Crippen molar-refractivity contribution in [2.45, 2.75) is 20.3 Å². The molecule has 0 aliphatic rings. The number of nitrogens with one attached hydrogen (secondary N) is 1. The van der Waals surface area contributed by atoms with E-state index in [-0.39, 0.29) is 12.3 Å². The summed E-state index contributed by atoms with van der Waals surface area (Å²) in [5.41, 5.74) is 4.48. The van der Waals surface area contributed by atoms with Gasteiger partial charge in [0.15, 0.2) is 0 Å². The molecule has 0 saturated heterocycles. The Morgan fingerprint density at radius 2 is 1.86 bits per heavy atom. The zero-order valence-electron chi connectivity index (χ0n) is 12.4. The number of furan rings is 1. The van der Waals surface area contributed by atoms with Gasteiger partial charge in [0.05, 0.1) is 23.4 Å². The lowest BCUT2D eigenvalue weighted by atomic mass is 10.1. The number of carbonyl (C=O) groups is 1. The quantitative estimate of drug-likeness (QED) is 0.748. The fourth-order valence-electron chi connectivity index (χ4n) is 2.42. The number of anilines is 1. The van der Waals surface area contributed by atoms with Crippen molar-refractivity contribution in [2.24, 2.45) is 0 Å². The molecule has 2 aromatic carbocycles. The highest BCUT2D eigenvalue weighted by Crippen LogP contribution is 2.25. The van der Waals surface area contributed by atoms with Crippen molar-refractivity contribution in [3.05, 3.63) is 64.4 Å². The second-order valence-corrected chi connectivity index (χ2v) is 5.88. The van der Waals surface area contributed by atoms with Crippen molar-refractivity contribution in [2.75, 3.05) is 5.32 Å². The Morgan fingerprint density at radius 1 is 1.14 bits per heavy atom. The van der Waals surface area contributed by atoms with E-state index in [0.717, 1.165) is 27.7 Å². The molecule has 0 saturated carbocycles. The lowest BCUT2D eigenvalue weighted by Gasteiger charge is -2.07. The molecule has 0 atom stereocenters. The fraction of sp³-hybridized carbons (Fsp3) is 0.167. The van der Waals surface area contributed by atoms with Crippen LogP contribution in [0, 0.1) is 13.8 Å². The monoisotopic (exact) mass is 313 g/mol. The zero-order chi connectivity index (χ0) is 15.7. The first-order valence-corrected chi connectivity index (χ1v) is 7.43. The summed E-state index contributed by atoms with van der Waals surface area (Å²) in [5, 5.41) is 4.35. The zero-order valence-corrected chi connectivity index (χ0v) is 13.2. The van der Waals surface area contributed by atoms with Crippen LogP contribution in [-0.2, 0) is 11.2 Å². The number of hydrogen-bond acceptors (Lipinski definition) is 2. The number of fused-ring (bicyclic) bond motifs is 1. The second-order valence-electron chi connectivity index (χ2n) is 5.47. The average Bonchev–Trinajstić information content (AvgIpc) is 2.84.